The summed E-state index contributed by atoms with van der Waals surface area (Å²) in [4.78, 5) is 70.1. The molecule has 0 spiro atoms. The summed E-state index contributed by atoms with van der Waals surface area (Å²) in [5.41, 5.74) is 1.29. The number of anilines is 1. The Bertz CT molecular complexity index is 1430. The molecule has 0 bridgehead atoms. The Balaban J connectivity index is 1.82. The minimum atomic E-state index is -0.434. The number of nitrogens with zero attached hydrogens (tertiary/aromatic N) is 2. The van der Waals surface area contributed by atoms with Gasteiger partial charge in [-0.15, -0.1) is 11.3 Å². The molecule has 12 heteroatoms. The number of amides is 2. The second-order valence-electron chi connectivity index (χ2n) is 18.5. The first-order valence-electron chi connectivity index (χ1n) is 26.0. The van der Waals surface area contributed by atoms with Crippen molar-refractivity contribution in [2.45, 2.75) is 226 Å². The summed E-state index contributed by atoms with van der Waals surface area (Å²) < 4.78 is 16.9. The van der Waals surface area contributed by atoms with E-state index in [4.69, 9.17) is 14.2 Å². The topological polar surface area (TPSA) is 132 Å². The molecule has 0 radical (unpaired) electrons. The molecular formula is C52H91N3O8S. The molecule has 0 saturated carbocycles. The first-order valence-corrected chi connectivity index (χ1v) is 26.8. The van der Waals surface area contributed by atoms with Gasteiger partial charge in [-0.2, -0.15) is 0 Å². The zero-order valence-electron chi connectivity index (χ0n) is 41.3. The SMILES string of the molecule is CCCCCCCCCOC(=O)CCCCCCC(=O)Nc1sc2c(c1C(=O)OCCCN(C)C)CCN(C(=O)CCCCCOC(=O)C(CCCCCC)CCCCCCCC)C2. The Kier molecular flexibility index (Phi) is 33.2. The van der Waals surface area contributed by atoms with Crippen LogP contribution in [0.3, 0.4) is 0 Å². The molecule has 1 aliphatic rings. The van der Waals surface area contributed by atoms with E-state index in [1.807, 2.05) is 23.9 Å². The normalized spacial score (nSPS) is 12.9. The highest BCUT2D eigenvalue weighted by atomic mass is 32.1. The van der Waals surface area contributed by atoms with Gasteiger partial charge in [0.1, 0.15) is 5.00 Å². The molecule has 0 fully saturated rings. The van der Waals surface area contributed by atoms with E-state index >= 15 is 0 Å². The smallest absolute Gasteiger partial charge is 0.341 e. The number of hydrogen-bond acceptors (Lipinski definition) is 10. The van der Waals surface area contributed by atoms with Gasteiger partial charge in [0.05, 0.1) is 37.8 Å². The van der Waals surface area contributed by atoms with Gasteiger partial charge in [-0.3, -0.25) is 19.2 Å². The Morgan fingerprint density at radius 1 is 0.609 bits per heavy atom. The molecule has 368 valence electrons. The number of ether oxygens (including phenoxy) is 3. The average molecular weight is 918 g/mol. The summed E-state index contributed by atoms with van der Waals surface area (Å²) in [6.45, 7) is 9.52. The lowest BCUT2D eigenvalue weighted by Gasteiger charge is -2.27. The van der Waals surface area contributed by atoms with Gasteiger partial charge < -0.3 is 29.3 Å². The number of nitrogens with one attached hydrogen (secondary N) is 1. The molecule has 0 aliphatic carbocycles. The van der Waals surface area contributed by atoms with E-state index in [0.717, 1.165) is 94.0 Å². The maximum absolute atomic E-state index is 13.5. The van der Waals surface area contributed by atoms with Crippen LogP contribution in [0.4, 0.5) is 5.00 Å². The quantitative estimate of drug-likeness (QED) is 0.0388. The summed E-state index contributed by atoms with van der Waals surface area (Å²) in [6, 6.07) is 0. The van der Waals surface area contributed by atoms with E-state index in [1.165, 1.54) is 94.8 Å². The molecule has 1 unspecified atom stereocenters. The zero-order valence-corrected chi connectivity index (χ0v) is 42.1. The lowest BCUT2D eigenvalue weighted by atomic mass is 9.94. The van der Waals surface area contributed by atoms with Crippen molar-refractivity contribution in [3.8, 4) is 0 Å². The third-order valence-corrected chi connectivity index (χ3v) is 13.5. The Hall–Kier alpha value is -2.99. The van der Waals surface area contributed by atoms with Gasteiger partial charge in [0.15, 0.2) is 0 Å². The fourth-order valence-corrected chi connectivity index (χ4v) is 9.59. The number of hydrogen-bond donors (Lipinski definition) is 1. The number of carbonyl (C=O) groups is 5. The van der Waals surface area contributed by atoms with Crippen LogP contribution < -0.4 is 5.32 Å². The number of carbonyl (C=O) groups excluding carboxylic acids is 5. The van der Waals surface area contributed by atoms with Crippen molar-refractivity contribution >= 4 is 46.1 Å². The molecular weight excluding hydrogens is 827 g/mol. The zero-order chi connectivity index (χ0) is 46.6. The predicted octanol–water partition coefficient (Wildman–Crippen LogP) is 12.8. The molecule has 1 aliphatic heterocycles. The van der Waals surface area contributed by atoms with Crippen molar-refractivity contribution in [2.75, 3.05) is 52.3 Å². The van der Waals surface area contributed by atoms with Crippen LogP contribution in [-0.4, -0.2) is 86.5 Å². The van der Waals surface area contributed by atoms with Crippen LogP contribution in [0.1, 0.15) is 234 Å². The van der Waals surface area contributed by atoms with E-state index in [-0.39, 0.29) is 36.3 Å². The number of unbranched alkanes of at least 4 members (excludes halogenated alkanes) is 19. The van der Waals surface area contributed by atoms with E-state index < -0.39 is 5.97 Å². The predicted molar refractivity (Wildman–Crippen MR) is 262 cm³/mol. The molecule has 2 amide bonds. The maximum atomic E-state index is 13.5. The average Bonchev–Trinajstić information content (AvgIpc) is 3.64. The van der Waals surface area contributed by atoms with Gasteiger partial charge in [-0.25, -0.2) is 4.79 Å². The molecule has 1 aromatic heterocycles. The van der Waals surface area contributed by atoms with Crippen LogP contribution >= 0.6 is 11.3 Å². The summed E-state index contributed by atoms with van der Waals surface area (Å²) in [6.07, 6.45) is 29.8. The highest BCUT2D eigenvalue weighted by Crippen LogP contribution is 2.38. The largest absolute Gasteiger partial charge is 0.466 e. The van der Waals surface area contributed by atoms with Gasteiger partial charge in [0.2, 0.25) is 11.8 Å². The van der Waals surface area contributed by atoms with Crippen molar-refractivity contribution in [1.29, 1.82) is 0 Å². The van der Waals surface area contributed by atoms with Crippen LogP contribution in [0.25, 0.3) is 0 Å². The molecule has 2 heterocycles. The fourth-order valence-electron chi connectivity index (χ4n) is 8.33. The molecule has 1 aromatic rings. The minimum Gasteiger partial charge on any atom is -0.466 e. The lowest BCUT2D eigenvalue weighted by Crippen LogP contribution is -2.35. The van der Waals surface area contributed by atoms with Gasteiger partial charge in [-0.1, -0.05) is 136 Å². The summed E-state index contributed by atoms with van der Waals surface area (Å²) in [7, 11) is 3.95. The highest BCUT2D eigenvalue weighted by Gasteiger charge is 2.31. The van der Waals surface area contributed by atoms with Gasteiger partial charge in [-0.05, 0) is 83.9 Å². The van der Waals surface area contributed by atoms with Crippen LogP contribution in [-0.2, 0) is 46.4 Å². The molecule has 11 nitrogen and oxygen atoms in total. The van der Waals surface area contributed by atoms with Crippen LogP contribution in [0.15, 0.2) is 0 Å². The van der Waals surface area contributed by atoms with Gasteiger partial charge in [0, 0.05) is 37.2 Å². The lowest BCUT2D eigenvalue weighted by molar-refractivity contribution is -0.149. The summed E-state index contributed by atoms with van der Waals surface area (Å²) >= 11 is 1.37. The van der Waals surface area contributed by atoms with Gasteiger partial charge in [0.25, 0.3) is 0 Å². The van der Waals surface area contributed by atoms with Crippen molar-refractivity contribution in [1.82, 2.24) is 9.80 Å². The number of esters is 3. The Morgan fingerprint density at radius 2 is 1.12 bits per heavy atom. The molecule has 0 aromatic carbocycles. The van der Waals surface area contributed by atoms with Crippen LogP contribution in [0.5, 0.6) is 0 Å². The van der Waals surface area contributed by atoms with E-state index in [9.17, 15) is 24.0 Å². The third kappa shape index (κ3) is 26.2. The molecule has 1 atom stereocenters. The van der Waals surface area contributed by atoms with Crippen molar-refractivity contribution in [3.05, 3.63) is 16.0 Å². The van der Waals surface area contributed by atoms with E-state index in [2.05, 4.69) is 26.1 Å². The van der Waals surface area contributed by atoms with Crippen molar-refractivity contribution in [3.63, 3.8) is 0 Å². The van der Waals surface area contributed by atoms with Crippen molar-refractivity contribution in [2.24, 2.45) is 5.92 Å². The highest BCUT2D eigenvalue weighted by molar-refractivity contribution is 7.17. The standard InChI is InChI=1S/C52H91N3O8S/c1-6-9-12-15-17-21-28-39-61-48(58)35-27-20-19-25-33-46(56)53-50-49(52(60)63-41-30-37-54(4)5)44-36-38-55(42-45(44)64-50)47(57)34-26-22-29-40-62-51(59)43(31-23-14-11-8-3)32-24-18-16-13-10-7-2/h43H,6-42H2,1-5H3,(H,53,56). The maximum Gasteiger partial charge on any atom is 0.341 e. The van der Waals surface area contributed by atoms with E-state index in [1.54, 1.807) is 0 Å². The Morgan fingerprint density at radius 3 is 1.77 bits per heavy atom. The number of thiophene rings is 1. The van der Waals surface area contributed by atoms with Crippen LogP contribution in [0, 0.1) is 5.92 Å². The van der Waals surface area contributed by atoms with E-state index in [0.29, 0.717) is 75.4 Å². The monoisotopic (exact) mass is 918 g/mol. The third-order valence-electron chi connectivity index (χ3n) is 12.3. The molecule has 2 rings (SSSR count). The van der Waals surface area contributed by atoms with Gasteiger partial charge >= 0.3 is 17.9 Å². The fraction of sp³-hybridized carbons (Fsp3) is 0.827. The first kappa shape index (κ1) is 57.1. The molecule has 1 N–H and O–H groups in total. The molecule has 64 heavy (non-hydrogen) atoms. The van der Waals surface area contributed by atoms with Crippen LogP contribution in [0.2, 0.25) is 0 Å². The molecule has 0 saturated heterocycles. The second-order valence-corrected chi connectivity index (χ2v) is 19.6. The minimum absolute atomic E-state index is 0.00536. The summed E-state index contributed by atoms with van der Waals surface area (Å²) in [5.74, 6) is -0.717. The first-order chi connectivity index (χ1) is 31.1. The number of rotatable bonds is 40. The van der Waals surface area contributed by atoms with Crippen molar-refractivity contribution < 1.29 is 38.2 Å². The Labute approximate surface area is 393 Å². The number of fused-ring (bicyclic) bond motifs is 1. The second kappa shape index (κ2) is 37.1. The summed E-state index contributed by atoms with van der Waals surface area (Å²) in [5, 5.41) is 3.51.